The molecule has 0 spiro atoms. The van der Waals surface area contributed by atoms with Crippen LogP contribution in [0.1, 0.15) is 27.0 Å². The fourth-order valence-electron chi connectivity index (χ4n) is 5.04. The van der Waals surface area contributed by atoms with Gasteiger partial charge >= 0.3 is 0 Å². The molecular weight excluding hydrogens is 592 g/mol. The van der Waals surface area contributed by atoms with Crippen LogP contribution in [0.15, 0.2) is 78.9 Å². The predicted molar refractivity (Wildman–Crippen MR) is 173 cm³/mol. The van der Waals surface area contributed by atoms with Crippen molar-refractivity contribution in [3.05, 3.63) is 101 Å². The monoisotopic (exact) mass is 626 g/mol. The van der Waals surface area contributed by atoms with Crippen LogP contribution in [-0.4, -0.2) is 63.9 Å². The van der Waals surface area contributed by atoms with Gasteiger partial charge in [-0.15, -0.1) is 0 Å². The van der Waals surface area contributed by atoms with Gasteiger partial charge in [-0.2, -0.15) is 0 Å². The highest BCUT2D eigenvalue weighted by Gasteiger charge is 2.44. The fourth-order valence-corrected chi connectivity index (χ4v) is 5.04. The summed E-state index contributed by atoms with van der Waals surface area (Å²) in [6, 6.07) is 21.4. The Morgan fingerprint density at radius 1 is 0.783 bits per heavy atom. The van der Waals surface area contributed by atoms with Crippen molar-refractivity contribution in [3.63, 3.8) is 0 Å². The third-order valence-corrected chi connectivity index (χ3v) is 7.40. The number of phenolic OH excluding ortho intramolecular Hbond substituents is 1. The zero-order valence-corrected chi connectivity index (χ0v) is 26.0. The molecule has 1 unspecified atom stereocenters. The Bertz CT molecular complexity index is 1790. The molecule has 0 aromatic heterocycles. The molecule has 2 aliphatic heterocycles. The van der Waals surface area contributed by atoms with E-state index in [1.54, 1.807) is 51.7 Å². The van der Waals surface area contributed by atoms with Crippen LogP contribution in [-0.2, 0) is 0 Å². The molecular formula is C36H34O10. The zero-order chi connectivity index (χ0) is 32.8. The second-order valence-electron chi connectivity index (χ2n) is 10.2. The molecule has 0 bridgehead atoms. The smallest absolute Gasteiger partial charge is 0.270 e. The molecule has 4 aromatic rings. The maximum atomic E-state index is 12.3. The molecule has 4 aromatic carbocycles. The molecule has 0 amide bonds. The topological polar surface area (TPSA) is 122 Å². The van der Waals surface area contributed by atoms with Gasteiger partial charge in [0.2, 0.25) is 0 Å². The van der Waals surface area contributed by atoms with Crippen LogP contribution >= 0.6 is 0 Å². The van der Waals surface area contributed by atoms with Crippen LogP contribution < -0.4 is 33.2 Å². The van der Waals surface area contributed by atoms with Gasteiger partial charge < -0.3 is 43.4 Å². The largest absolute Gasteiger partial charge is 0.507 e. The molecule has 2 heterocycles. The van der Waals surface area contributed by atoms with Crippen molar-refractivity contribution in [2.45, 2.75) is 5.79 Å². The number of benzene rings is 4. The van der Waals surface area contributed by atoms with Crippen molar-refractivity contribution in [1.29, 1.82) is 0 Å². The van der Waals surface area contributed by atoms with E-state index in [1.807, 2.05) is 48.5 Å². The first kappa shape index (κ1) is 31.8. The number of ether oxygens (including phenoxy) is 7. The Morgan fingerprint density at radius 2 is 1.48 bits per heavy atom. The molecule has 1 atom stereocenters. The van der Waals surface area contributed by atoms with E-state index in [0.717, 1.165) is 11.1 Å². The molecule has 2 aliphatic rings. The summed E-state index contributed by atoms with van der Waals surface area (Å²) in [6.45, 7) is -0.0298. The number of ketones is 1. The average Bonchev–Trinajstić information content (AvgIpc) is 3.08. The minimum Gasteiger partial charge on any atom is -0.507 e. The van der Waals surface area contributed by atoms with Gasteiger partial charge in [0, 0.05) is 41.0 Å². The Labute approximate surface area is 266 Å². The number of aliphatic hydroxyl groups is 1. The number of carbonyl (C=O) groups is 1. The van der Waals surface area contributed by atoms with Crippen molar-refractivity contribution in [2.24, 2.45) is 0 Å². The van der Waals surface area contributed by atoms with Crippen LogP contribution in [0.4, 0.5) is 0 Å². The lowest BCUT2D eigenvalue weighted by Gasteiger charge is -2.39. The summed E-state index contributed by atoms with van der Waals surface area (Å²) < 4.78 is 37.7. The first-order chi connectivity index (χ1) is 22.2. The third-order valence-electron chi connectivity index (χ3n) is 7.40. The zero-order valence-electron chi connectivity index (χ0n) is 26.0. The lowest BCUT2D eigenvalue weighted by atomic mass is 9.90. The Kier molecular flexibility index (Phi) is 9.39. The summed E-state index contributed by atoms with van der Waals surface area (Å²) in [4.78, 5) is 12.3. The molecule has 6 rings (SSSR count). The van der Waals surface area contributed by atoms with Gasteiger partial charge in [0.05, 0.1) is 35.5 Å². The third kappa shape index (κ3) is 6.43. The molecule has 2 N–H and O–H groups in total. The molecule has 0 saturated heterocycles. The minimum absolute atomic E-state index is 0.0298. The normalized spacial score (nSPS) is 15.7. The molecule has 238 valence electrons. The second kappa shape index (κ2) is 13.6. The highest BCUT2D eigenvalue weighted by atomic mass is 16.7. The van der Waals surface area contributed by atoms with E-state index >= 15 is 0 Å². The summed E-state index contributed by atoms with van der Waals surface area (Å²) in [6.07, 6.45) is 4.98. The van der Waals surface area contributed by atoms with Gasteiger partial charge in [-0.1, -0.05) is 36.4 Å². The number of allylic oxidation sites excluding steroid dienone is 1. The molecule has 0 aliphatic carbocycles. The lowest BCUT2D eigenvalue weighted by Crippen LogP contribution is -2.47. The maximum absolute atomic E-state index is 12.3. The first-order valence-electron chi connectivity index (χ1n) is 14.2. The summed E-state index contributed by atoms with van der Waals surface area (Å²) in [7, 11) is 7.63. The van der Waals surface area contributed by atoms with Crippen LogP contribution in [0.3, 0.4) is 0 Å². The van der Waals surface area contributed by atoms with Crippen molar-refractivity contribution < 1.29 is 48.2 Å². The van der Waals surface area contributed by atoms with Crippen LogP contribution in [0, 0.1) is 0 Å². The van der Waals surface area contributed by atoms with Crippen LogP contribution in [0.2, 0.25) is 0 Å². The summed E-state index contributed by atoms with van der Waals surface area (Å²) in [5.41, 5.74) is 3.19. The van der Waals surface area contributed by atoms with E-state index in [9.17, 15) is 15.0 Å². The van der Waals surface area contributed by atoms with Crippen molar-refractivity contribution >= 4 is 23.5 Å². The van der Waals surface area contributed by atoms with Crippen molar-refractivity contribution in [3.8, 4) is 46.0 Å². The average molecular weight is 627 g/mol. The standard InChI is InChI=1S/C19H18O6.C17H16O4/c1-21-12-5-4-11-6-14-13-8-17(22-2)18(23-3)9-16(13)24-10-19(14,20)25-15(11)7-12;1-20-13-10-15(19)17(16(11-13)21-2)14(18)9-8-12-6-4-3-5-7-12/h4-9,20H,10H2,1-3H3;3-11,19H,1-2H3. The summed E-state index contributed by atoms with van der Waals surface area (Å²) in [5.74, 6) is 1.53. The number of hydrogen-bond donors (Lipinski definition) is 2. The number of hydrogen-bond acceptors (Lipinski definition) is 10. The van der Waals surface area contributed by atoms with E-state index in [2.05, 4.69) is 0 Å². The molecule has 10 heteroatoms. The highest BCUT2D eigenvalue weighted by molar-refractivity contribution is 6.10. The van der Waals surface area contributed by atoms with Gasteiger partial charge in [0.15, 0.2) is 23.9 Å². The number of rotatable bonds is 8. The number of carbonyl (C=O) groups excluding carboxylic acids is 1. The summed E-state index contributed by atoms with van der Waals surface area (Å²) >= 11 is 0. The quantitative estimate of drug-likeness (QED) is 0.177. The van der Waals surface area contributed by atoms with Gasteiger partial charge in [-0.25, -0.2) is 0 Å². The lowest BCUT2D eigenvalue weighted by molar-refractivity contribution is -0.116. The molecule has 46 heavy (non-hydrogen) atoms. The van der Waals surface area contributed by atoms with Gasteiger partial charge in [-0.3, -0.25) is 4.79 Å². The Balaban J connectivity index is 0.000000184. The number of aromatic hydroxyl groups is 1. The molecule has 0 radical (unpaired) electrons. The SMILES string of the molecule is COc1cc(O)c(C(=O)C=Cc2ccccc2)c(OC)c1.COc1ccc2c(c1)OC1(O)COc3cc(OC)c(OC)cc3C1=C2. The van der Waals surface area contributed by atoms with Crippen LogP contribution in [0.5, 0.6) is 46.0 Å². The van der Waals surface area contributed by atoms with E-state index < -0.39 is 5.79 Å². The number of fused-ring (bicyclic) bond motifs is 4. The van der Waals surface area contributed by atoms with E-state index in [0.29, 0.717) is 45.6 Å². The van der Waals surface area contributed by atoms with Gasteiger partial charge in [0.25, 0.3) is 5.79 Å². The van der Waals surface area contributed by atoms with E-state index in [1.165, 1.54) is 26.4 Å². The molecule has 10 nitrogen and oxygen atoms in total. The second-order valence-corrected chi connectivity index (χ2v) is 10.2. The first-order valence-corrected chi connectivity index (χ1v) is 14.2. The number of methoxy groups -OCH3 is 5. The maximum Gasteiger partial charge on any atom is 0.270 e. The van der Waals surface area contributed by atoms with Gasteiger partial charge in [0.1, 0.15) is 40.1 Å². The Morgan fingerprint density at radius 3 is 2.15 bits per heavy atom. The Hall–Kier alpha value is -5.61. The summed E-state index contributed by atoms with van der Waals surface area (Å²) in [5, 5.41) is 21.0. The van der Waals surface area contributed by atoms with Gasteiger partial charge in [-0.05, 0) is 35.9 Å². The number of phenols is 1. The van der Waals surface area contributed by atoms with Crippen LogP contribution in [0.25, 0.3) is 17.7 Å². The predicted octanol–water partition coefficient (Wildman–Crippen LogP) is 6.03. The van der Waals surface area contributed by atoms with E-state index in [-0.39, 0.29) is 29.5 Å². The van der Waals surface area contributed by atoms with Crippen molar-refractivity contribution in [1.82, 2.24) is 0 Å². The van der Waals surface area contributed by atoms with E-state index in [4.69, 9.17) is 33.2 Å². The minimum atomic E-state index is -1.58. The fraction of sp³-hybridized carbons (Fsp3) is 0.194. The highest BCUT2D eigenvalue weighted by Crippen LogP contribution is 2.49. The molecule has 0 saturated carbocycles. The van der Waals surface area contributed by atoms with Crippen molar-refractivity contribution in [2.75, 3.05) is 42.2 Å². The molecule has 0 fully saturated rings.